The van der Waals surface area contributed by atoms with Crippen molar-refractivity contribution in [1.29, 1.82) is 0 Å². The molecule has 1 unspecified atom stereocenters. The number of hydrogen-bond donors (Lipinski definition) is 3. The Kier molecular flexibility index (Phi) is 7.39. The van der Waals surface area contributed by atoms with Crippen LogP contribution >= 0.6 is 0 Å². The van der Waals surface area contributed by atoms with E-state index in [1.807, 2.05) is 27.7 Å². The highest BCUT2D eigenvalue weighted by atomic mass is 16.4. The van der Waals surface area contributed by atoms with Gasteiger partial charge in [0.15, 0.2) is 0 Å². The third kappa shape index (κ3) is 8.84. The number of rotatable bonds is 8. The van der Waals surface area contributed by atoms with Gasteiger partial charge >= 0.3 is 12.0 Å². The molecule has 0 saturated heterocycles. The molecule has 0 radical (unpaired) electrons. The Morgan fingerprint density at radius 2 is 1.89 bits per heavy atom. The molecule has 5 nitrogen and oxygen atoms in total. The van der Waals surface area contributed by atoms with Crippen molar-refractivity contribution in [3.05, 3.63) is 0 Å². The van der Waals surface area contributed by atoms with Crippen LogP contribution in [0.25, 0.3) is 0 Å². The van der Waals surface area contributed by atoms with E-state index in [1.54, 1.807) is 0 Å². The van der Waals surface area contributed by atoms with Crippen LogP contribution in [0, 0.1) is 5.92 Å². The first-order valence-electron chi connectivity index (χ1n) is 6.54. The molecule has 0 spiro atoms. The van der Waals surface area contributed by atoms with Crippen molar-refractivity contribution in [2.75, 3.05) is 6.54 Å². The molecule has 18 heavy (non-hydrogen) atoms. The molecular formula is C13H26N2O3. The van der Waals surface area contributed by atoms with E-state index < -0.39 is 5.97 Å². The minimum absolute atomic E-state index is 0.160. The van der Waals surface area contributed by atoms with Crippen molar-refractivity contribution >= 4 is 12.0 Å². The average Bonchev–Trinajstić information content (AvgIpc) is 2.25. The van der Waals surface area contributed by atoms with E-state index in [4.69, 9.17) is 5.11 Å². The second-order valence-electron chi connectivity index (χ2n) is 5.44. The van der Waals surface area contributed by atoms with E-state index in [-0.39, 0.29) is 18.0 Å². The molecule has 0 bridgehead atoms. The Labute approximate surface area is 109 Å². The first kappa shape index (κ1) is 16.7. The van der Waals surface area contributed by atoms with Crippen molar-refractivity contribution in [2.24, 2.45) is 5.92 Å². The molecule has 0 aromatic rings. The number of aliphatic carboxylic acids is 1. The molecule has 0 heterocycles. The van der Waals surface area contributed by atoms with Crippen LogP contribution in [0.4, 0.5) is 4.79 Å². The van der Waals surface area contributed by atoms with Gasteiger partial charge in [-0.1, -0.05) is 13.8 Å². The molecule has 0 rings (SSSR count). The van der Waals surface area contributed by atoms with E-state index in [0.29, 0.717) is 18.9 Å². The second kappa shape index (κ2) is 7.95. The summed E-state index contributed by atoms with van der Waals surface area (Å²) in [6.45, 7) is 8.54. The van der Waals surface area contributed by atoms with Gasteiger partial charge in [-0.05, 0) is 39.0 Å². The Morgan fingerprint density at radius 1 is 1.28 bits per heavy atom. The molecule has 0 fully saturated rings. The van der Waals surface area contributed by atoms with Gasteiger partial charge in [0.1, 0.15) is 0 Å². The number of carbonyl (C=O) groups excluding carboxylic acids is 1. The van der Waals surface area contributed by atoms with Gasteiger partial charge in [0.2, 0.25) is 0 Å². The highest BCUT2D eigenvalue weighted by Crippen LogP contribution is 2.09. The van der Waals surface area contributed by atoms with Crippen LogP contribution in [0.3, 0.4) is 0 Å². The number of hydrogen-bond acceptors (Lipinski definition) is 2. The summed E-state index contributed by atoms with van der Waals surface area (Å²) in [6.07, 6.45) is 2.51. The predicted molar refractivity (Wildman–Crippen MR) is 71.6 cm³/mol. The summed E-state index contributed by atoms with van der Waals surface area (Å²) in [5.41, 5.74) is -0.195. The second-order valence-corrected chi connectivity index (χ2v) is 5.44. The quantitative estimate of drug-likeness (QED) is 0.625. The Hall–Kier alpha value is -1.26. The number of nitrogens with one attached hydrogen (secondary N) is 2. The van der Waals surface area contributed by atoms with Crippen LogP contribution in [0.15, 0.2) is 0 Å². The van der Waals surface area contributed by atoms with Gasteiger partial charge in [-0.25, -0.2) is 4.79 Å². The van der Waals surface area contributed by atoms with E-state index in [9.17, 15) is 9.59 Å². The van der Waals surface area contributed by atoms with Crippen LogP contribution in [-0.4, -0.2) is 29.2 Å². The largest absolute Gasteiger partial charge is 0.481 e. The number of carboxylic acid groups (broad SMARTS) is 1. The van der Waals surface area contributed by atoms with Crippen molar-refractivity contribution < 1.29 is 14.7 Å². The van der Waals surface area contributed by atoms with Crippen LogP contribution in [0.5, 0.6) is 0 Å². The van der Waals surface area contributed by atoms with Gasteiger partial charge in [0.25, 0.3) is 0 Å². The SMILES string of the molecule is CCC(C)(C)NC(=O)NCCC(C)CCC(=O)O. The summed E-state index contributed by atoms with van der Waals surface area (Å²) in [6, 6.07) is -0.160. The molecule has 2 amide bonds. The maximum atomic E-state index is 11.5. The fraction of sp³-hybridized carbons (Fsp3) is 0.846. The topological polar surface area (TPSA) is 78.4 Å². The van der Waals surface area contributed by atoms with Crippen LogP contribution in [-0.2, 0) is 4.79 Å². The van der Waals surface area contributed by atoms with Gasteiger partial charge < -0.3 is 15.7 Å². The standard InChI is InChI=1S/C13H26N2O3/c1-5-13(3,4)15-12(18)14-9-8-10(2)6-7-11(16)17/h10H,5-9H2,1-4H3,(H,16,17)(H2,14,15,18). The number of amides is 2. The van der Waals surface area contributed by atoms with Crippen LogP contribution < -0.4 is 10.6 Å². The lowest BCUT2D eigenvalue weighted by Crippen LogP contribution is -2.48. The normalized spacial score (nSPS) is 12.9. The molecule has 1 atom stereocenters. The Bertz CT molecular complexity index is 277. The summed E-state index contributed by atoms with van der Waals surface area (Å²) in [5.74, 6) is -0.460. The average molecular weight is 258 g/mol. The predicted octanol–water partition coefficient (Wildman–Crippen LogP) is 2.37. The van der Waals surface area contributed by atoms with E-state index in [2.05, 4.69) is 10.6 Å². The highest BCUT2D eigenvalue weighted by Gasteiger charge is 2.17. The summed E-state index contributed by atoms with van der Waals surface area (Å²) in [7, 11) is 0. The third-order valence-corrected chi connectivity index (χ3v) is 3.11. The monoisotopic (exact) mass is 258 g/mol. The van der Waals surface area contributed by atoms with E-state index in [1.165, 1.54) is 0 Å². The molecule has 0 aromatic carbocycles. The Balaban J connectivity index is 3.71. The lowest BCUT2D eigenvalue weighted by molar-refractivity contribution is -0.137. The first-order valence-corrected chi connectivity index (χ1v) is 6.54. The van der Waals surface area contributed by atoms with Crippen LogP contribution in [0.1, 0.15) is 53.4 Å². The zero-order valence-corrected chi connectivity index (χ0v) is 11.9. The minimum atomic E-state index is -0.766. The van der Waals surface area contributed by atoms with Gasteiger partial charge in [0, 0.05) is 18.5 Å². The fourth-order valence-electron chi connectivity index (χ4n) is 1.39. The molecule has 0 aliphatic carbocycles. The summed E-state index contributed by atoms with van der Waals surface area (Å²) in [5, 5.41) is 14.2. The highest BCUT2D eigenvalue weighted by molar-refractivity contribution is 5.74. The molecule has 0 aliphatic heterocycles. The van der Waals surface area contributed by atoms with Crippen molar-refractivity contribution in [3.8, 4) is 0 Å². The molecule has 0 aromatic heterocycles. The van der Waals surface area contributed by atoms with Gasteiger partial charge in [-0.3, -0.25) is 4.79 Å². The van der Waals surface area contributed by atoms with Crippen molar-refractivity contribution in [2.45, 2.75) is 58.9 Å². The van der Waals surface area contributed by atoms with Crippen molar-refractivity contribution in [3.63, 3.8) is 0 Å². The smallest absolute Gasteiger partial charge is 0.315 e. The summed E-state index contributed by atoms with van der Waals surface area (Å²) < 4.78 is 0. The molecule has 0 aliphatic rings. The first-order chi connectivity index (χ1) is 8.26. The number of carbonyl (C=O) groups is 2. The minimum Gasteiger partial charge on any atom is -0.481 e. The molecule has 0 saturated carbocycles. The zero-order chi connectivity index (χ0) is 14.2. The fourth-order valence-corrected chi connectivity index (χ4v) is 1.39. The maximum Gasteiger partial charge on any atom is 0.315 e. The molecule has 5 heteroatoms. The molecule has 106 valence electrons. The Morgan fingerprint density at radius 3 is 2.39 bits per heavy atom. The molecule has 3 N–H and O–H groups in total. The number of urea groups is 1. The lowest BCUT2D eigenvalue weighted by Gasteiger charge is -2.24. The van der Waals surface area contributed by atoms with E-state index in [0.717, 1.165) is 12.8 Å². The maximum absolute atomic E-state index is 11.5. The van der Waals surface area contributed by atoms with E-state index >= 15 is 0 Å². The van der Waals surface area contributed by atoms with Gasteiger partial charge in [-0.15, -0.1) is 0 Å². The number of carboxylic acids is 1. The lowest BCUT2D eigenvalue weighted by atomic mass is 10.0. The third-order valence-electron chi connectivity index (χ3n) is 3.11. The van der Waals surface area contributed by atoms with Gasteiger partial charge in [-0.2, -0.15) is 0 Å². The summed E-state index contributed by atoms with van der Waals surface area (Å²) in [4.78, 5) is 21.9. The van der Waals surface area contributed by atoms with Gasteiger partial charge in [0.05, 0.1) is 0 Å². The zero-order valence-electron chi connectivity index (χ0n) is 11.9. The molecular weight excluding hydrogens is 232 g/mol. The van der Waals surface area contributed by atoms with Crippen molar-refractivity contribution in [1.82, 2.24) is 10.6 Å². The van der Waals surface area contributed by atoms with Crippen LogP contribution in [0.2, 0.25) is 0 Å². The summed E-state index contributed by atoms with van der Waals surface area (Å²) >= 11 is 0.